The van der Waals surface area contributed by atoms with Crippen molar-refractivity contribution in [3.63, 3.8) is 0 Å². The summed E-state index contributed by atoms with van der Waals surface area (Å²) in [6.07, 6.45) is 2.79. The first-order chi connectivity index (χ1) is 5.73. The molecule has 2 heteroatoms. The Morgan fingerprint density at radius 2 is 2.17 bits per heavy atom. The van der Waals surface area contributed by atoms with Crippen molar-refractivity contribution < 1.29 is 4.74 Å². The fraction of sp³-hybridized carbons (Fsp3) is 1.00. The molecule has 0 saturated heterocycles. The molecule has 1 rings (SSSR count). The summed E-state index contributed by atoms with van der Waals surface area (Å²) in [6.45, 7) is 7.54. The third-order valence-corrected chi connectivity index (χ3v) is 2.82. The lowest BCUT2D eigenvalue weighted by Gasteiger charge is -2.28. The Labute approximate surface area is 75.7 Å². The van der Waals surface area contributed by atoms with Crippen molar-refractivity contribution in [3.8, 4) is 0 Å². The molecule has 72 valence electrons. The highest BCUT2D eigenvalue weighted by Gasteiger charge is 2.40. The van der Waals surface area contributed by atoms with Crippen molar-refractivity contribution in [2.75, 3.05) is 26.8 Å². The molecule has 0 radical (unpaired) electrons. The minimum absolute atomic E-state index is 0.380. The molecule has 1 aliphatic rings. The lowest BCUT2D eigenvalue weighted by molar-refractivity contribution is 0.0754. The minimum Gasteiger partial charge on any atom is -0.384 e. The molecule has 0 aromatic carbocycles. The van der Waals surface area contributed by atoms with Gasteiger partial charge in [0.25, 0.3) is 0 Å². The van der Waals surface area contributed by atoms with Crippen LogP contribution in [-0.4, -0.2) is 26.8 Å². The van der Waals surface area contributed by atoms with Gasteiger partial charge in [0.05, 0.1) is 6.61 Å². The largest absolute Gasteiger partial charge is 0.384 e. The molecule has 12 heavy (non-hydrogen) atoms. The van der Waals surface area contributed by atoms with E-state index >= 15 is 0 Å². The first kappa shape index (κ1) is 10.0. The molecule has 1 atom stereocenters. The Bertz CT molecular complexity index is 134. The van der Waals surface area contributed by atoms with Gasteiger partial charge in [0, 0.05) is 19.1 Å². The van der Waals surface area contributed by atoms with E-state index in [4.69, 9.17) is 4.74 Å². The zero-order valence-corrected chi connectivity index (χ0v) is 8.52. The van der Waals surface area contributed by atoms with Crippen molar-refractivity contribution in [3.05, 3.63) is 0 Å². The summed E-state index contributed by atoms with van der Waals surface area (Å²) in [5, 5.41) is 3.42. The van der Waals surface area contributed by atoms with E-state index in [1.54, 1.807) is 7.11 Å². The van der Waals surface area contributed by atoms with E-state index in [2.05, 4.69) is 19.2 Å². The fourth-order valence-corrected chi connectivity index (χ4v) is 1.83. The molecular weight excluding hydrogens is 150 g/mol. The third kappa shape index (κ3) is 2.46. The SMILES string of the molecule is CCNCC(C)(COC)C1CC1. The van der Waals surface area contributed by atoms with E-state index in [0.717, 1.165) is 25.6 Å². The minimum atomic E-state index is 0.380. The number of rotatable bonds is 6. The van der Waals surface area contributed by atoms with Gasteiger partial charge in [0.2, 0.25) is 0 Å². The van der Waals surface area contributed by atoms with Gasteiger partial charge in [0.1, 0.15) is 0 Å². The summed E-state index contributed by atoms with van der Waals surface area (Å²) in [4.78, 5) is 0. The van der Waals surface area contributed by atoms with Crippen LogP contribution in [0.15, 0.2) is 0 Å². The van der Waals surface area contributed by atoms with Gasteiger partial charge < -0.3 is 10.1 Å². The van der Waals surface area contributed by atoms with Crippen LogP contribution in [0.4, 0.5) is 0 Å². The summed E-state index contributed by atoms with van der Waals surface area (Å²) in [5.41, 5.74) is 0.380. The molecular formula is C10H21NO. The van der Waals surface area contributed by atoms with Gasteiger partial charge >= 0.3 is 0 Å². The van der Waals surface area contributed by atoms with Crippen LogP contribution in [-0.2, 0) is 4.74 Å². The van der Waals surface area contributed by atoms with Gasteiger partial charge in [-0.1, -0.05) is 13.8 Å². The molecule has 0 aliphatic heterocycles. The lowest BCUT2D eigenvalue weighted by Crippen LogP contribution is -2.37. The number of nitrogens with one attached hydrogen (secondary N) is 1. The molecule has 1 N–H and O–H groups in total. The van der Waals surface area contributed by atoms with Crippen molar-refractivity contribution in [1.82, 2.24) is 5.32 Å². The molecule has 1 unspecified atom stereocenters. The maximum absolute atomic E-state index is 5.27. The molecule has 1 fully saturated rings. The predicted octanol–water partition coefficient (Wildman–Crippen LogP) is 1.66. The Morgan fingerprint density at radius 3 is 2.58 bits per heavy atom. The highest BCUT2D eigenvalue weighted by atomic mass is 16.5. The Morgan fingerprint density at radius 1 is 1.50 bits per heavy atom. The van der Waals surface area contributed by atoms with E-state index in [1.807, 2.05) is 0 Å². The predicted molar refractivity (Wildman–Crippen MR) is 51.3 cm³/mol. The van der Waals surface area contributed by atoms with Gasteiger partial charge in [0.15, 0.2) is 0 Å². The monoisotopic (exact) mass is 171 g/mol. The molecule has 1 aliphatic carbocycles. The molecule has 0 amide bonds. The third-order valence-electron chi connectivity index (χ3n) is 2.82. The van der Waals surface area contributed by atoms with Crippen LogP contribution in [0.2, 0.25) is 0 Å². The van der Waals surface area contributed by atoms with Crippen LogP contribution < -0.4 is 5.32 Å². The average Bonchev–Trinajstić information content (AvgIpc) is 2.84. The van der Waals surface area contributed by atoms with Crippen molar-refractivity contribution in [2.45, 2.75) is 26.7 Å². The molecule has 0 heterocycles. The standard InChI is InChI=1S/C10H21NO/c1-4-11-7-10(2,8-12-3)9-5-6-9/h9,11H,4-8H2,1-3H3. The summed E-state index contributed by atoms with van der Waals surface area (Å²) in [5.74, 6) is 0.900. The highest BCUT2D eigenvalue weighted by molar-refractivity contribution is 4.92. The van der Waals surface area contributed by atoms with Crippen molar-refractivity contribution >= 4 is 0 Å². The maximum Gasteiger partial charge on any atom is 0.0530 e. The summed E-state index contributed by atoms with van der Waals surface area (Å²) >= 11 is 0. The number of ether oxygens (including phenoxy) is 1. The first-order valence-electron chi connectivity index (χ1n) is 4.92. The van der Waals surface area contributed by atoms with Gasteiger partial charge in [-0.2, -0.15) is 0 Å². The van der Waals surface area contributed by atoms with E-state index in [-0.39, 0.29) is 0 Å². The zero-order valence-electron chi connectivity index (χ0n) is 8.52. The summed E-state index contributed by atoms with van der Waals surface area (Å²) in [6, 6.07) is 0. The van der Waals surface area contributed by atoms with Gasteiger partial charge in [-0.15, -0.1) is 0 Å². The highest BCUT2D eigenvalue weighted by Crippen LogP contribution is 2.45. The molecule has 0 spiro atoms. The van der Waals surface area contributed by atoms with Crippen molar-refractivity contribution in [2.24, 2.45) is 11.3 Å². The Balaban J connectivity index is 2.34. The Kier molecular flexibility index (Phi) is 3.53. The van der Waals surface area contributed by atoms with Gasteiger partial charge in [-0.25, -0.2) is 0 Å². The second-order valence-electron chi connectivity index (χ2n) is 4.14. The summed E-state index contributed by atoms with van der Waals surface area (Å²) in [7, 11) is 1.80. The van der Waals surface area contributed by atoms with Gasteiger partial charge in [-0.3, -0.25) is 0 Å². The summed E-state index contributed by atoms with van der Waals surface area (Å²) < 4.78 is 5.27. The van der Waals surface area contributed by atoms with Crippen LogP contribution in [0.1, 0.15) is 26.7 Å². The van der Waals surface area contributed by atoms with Gasteiger partial charge in [-0.05, 0) is 25.3 Å². The van der Waals surface area contributed by atoms with E-state index in [0.29, 0.717) is 5.41 Å². The van der Waals surface area contributed by atoms with Crippen LogP contribution in [0.5, 0.6) is 0 Å². The molecule has 0 aromatic heterocycles. The number of methoxy groups -OCH3 is 1. The first-order valence-corrected chi connectivity index (χ1v) is 4.92. The Hall–Kier alpha value is -0.0800. The van der Waals surface area contributed by atoms with Crippen LogP contribution >= 0.6 is 0 Å². The van der Waals surface area contributed by atoms with Crippen molar-refractivity contribution in [1.29, 1.82) is 0 Å². The molecule has 2 nitrogen and oxygen atoms in total. The lowest BCUT2D eigenvalue weighted by atomic mass is 9.86. The fourth-order valence-electron chi connectivity index (χ4n) is 1.83. The quantitative estimate of drug-likeness (QED) is 0.656. The topological polar surface area (TPSA) is 21.3 Å². The van der Waals surface area contributed by atoms with Crippen LogP contribution in [0.3, 0.4) is 0 Å². The van der Waals surface area contributed by atoms with E-state index in [9.17, 15) is 0 Å². The maximum atomic E-state index is 5.27. The smallest absolute Gasteiger partial charge is 0.0530 e. The zero-order chi connectivity index (χ0) is 9.03. The van der Waals surface area contributed by atoms with E-state index < -0.39 is 0 Å². The van der Waals surface area contributed by atoms with E-state index in [1.165, 1.54) is 12.8 Å². The van der Waals surface area contributed by atoms with Crippen LogP contribution in [0.25, 0.3) is 0 Å². The second-order valence-corrected chi connectivity index (χ2v) is 4.14. The molecule has 0 aromatic rings. The molecule has 0 bridgehead atoms. The normalized spacial score (nSPS) is 22.2. The number of hydrogen-bond donors (Lipinski definition) is 1. The average molecular weight is 171 g/mol. The number of hydrogen-bond acceptors (Lipinski definition) is 2. The molecule has 1 saturated carbocycles. The van der Waals surface area contributed by atoms with Crippen LogP contribution in [0, 0.1) is 11.3 Å². The second kappa shape index (κ2) is 4.24.